The fourth-order valence-electron chi connectivity index (χ4n) is 2.28. The summed E-state index contributed by atoms with van der Waals surface area (Å²) < 4.78 is 2.20. The number of nitrogens with two attached hydrogens (primary N) is 1. The molecule has 3 rings (SSSR count). The highest BCUT2D eigenvalue weighted by atomic mass is 32.1. The molecule has 0 unspecified atom stereocenters. The summed E-state index contributed by atoms with van der Waals surface area (Å²) in [5, 5.41) is 0. The molecule has 0 aliphatic carbocycles. The van der Waals surface area contributed by atoms with Crippen molar-refractivity contribution in [2.75, 3.05) is 18.0 Å². The van der Waals surface area contributed by atoms with Crippen molar-refractivity contribution in [3.05, 3.63) is 51.6 Å². The number of hydrogen-bond acceptors (Lipinski definition) is 5. The van der Waals surface area contributed by atoms with Crippen molar-refractivity contribution in [3.63, 3.8) is 0 Å². The highest BCUT2D eigenvalue weighted by Gasteiger charge is 2.22. The van der Waals surface area contributed by atoms with Crippen LogP contribution in [0, 0.1) is 5.41 Å². The van der Waals surface area contributed by atoms with E-state index in [0.29, 0.717) is 6.54 Å². The molecule has 114 valence electrons. The first-order valence-electron chi connectivity index (χ1n) is 7.31. The fraction of sp³-hybridized carbons (Fsp3) is 0.294. The van der Waals surface area contributed by atoms with Gasteiger partial charge in [-0.25, -0.2) is 4.98 Å². The molecule has 0 radical (unpaired) electrons. The summed E-state index contributed by atoms with van der Waals surface area (Å²) in [6.45, 7) is 5.86. The van der Waals surface area contributed by atoms with Crippen LogP contribution in [0.1, 0.15) is 19.4 Å². The van der Waals surface area contributed by atoms with E-state index in [1.54, 1.807) is 23.7 Å². The molecule has 4 nitrogen and oxygen atoms in total. The van der Waals surface area contributed by atoms with Crippen LogP contribution >= 0.6 is 11.3 Å². The van der Waals surface area contributed by atoms with Crippen molar-refractivity contribution >= 4 is 29.3 Å². The molecular formula is C17H20N4S. The summed E-state index contributed by atoms with van der Waals surface area (Å²) >= 11 is 1.70. The first kappa shape index (κ1) is 14.9. The average molecular weight is 312 g/mol. The van der Waals surface area contributed by atoms with Crippen molar-refractivity contribution < 1.29 is 0 Å². The highest BCUT2D eigenvalue weighted by Crippen LogP contribution is 2.19. The first-order chi connectivity index (χ1) is 10.6. The predicted octanol–water partition coefficient (Wildman–Crippen LogP) is 1.47. The molecule has 0 fully saturated rings. The normalized spacial score (nSPS) is 14.9. The summed E-state index contributed by atoms with van der Waals surface area (Å²) in [4.78, 5) is 11.0. The van der Waals surface area contributed by atoms with Crippen molar-refractivity contribution in [1.29, 1.82) is 0 Å². The summed E-state index contributed by atoms with van der Waals surface area (Å²) in [5.74, 6) is 1.02. The molecule has 2 N–H and O–H groups in total. The number of nitrogens with zero attached hydrogens (tertiary/aromatic N) is 3. The Labute approximate surface area is 134 Å². The molecule has 1 aliphatic heterocycles. The molecule has 0 atom stereocenters. The van der Waals surface area contributed by atoms with E-state index >= 15 is 0 Å². The predicted molar refractivity (Wildman–Crippen MR) is 93.0 cm³/mol. The number of anilines is 1. The first-order valence-corrected chi connectivity index (χ1v) is 8.13. The Kier molecular flexibility index (Phi) is 4.09. The number of hydrogen-bond donors (Lipinski definition) is 1. The van der Waals surface area contributed by atoms with Gasteiger partial charge in [0.2, 0.25) is 0 Å². The van der Waals surface area contributed by atoms with Gasteiger partial charge in [0.25, 0.3) is 0 Å². The average Bonchev–Trinajstić information content (AvgIpc) is 2.91. The van der Waals surface area contributed by atoms with Crippen LogP contribution in [0.4, 0.5) is 5.82 Å². The number of allylic oxidation sites excluding steroid dienone is 1. The van der Waals surface area contributed by atoms with Crippen LogP contribution in [0.15, 0.2) is 36.8 Å². The van der Waals surface area contributed by atoms with Gasteiger partial charge in [-0.1, -0.05) is 13.8 Å². The monoisotopic (exact) mass is 312 g/mol. The molecule has 5 heteroatoms. The van der Waals surface area contributed by atoms with Gasteiger partial charge in [0.1, 0.15) is 4.66 Å². The third kappa shape index (κ3) is 3.26. The van der Waals surface area contributed by atoms with E-state index in [2.05, 4.69) is 48.2 Å². The van der Waals surface area contributed by atoms with Crippen LogP contribution in [-0.2, 0) is 0 Å². The van der Waals surface area contributed by atoms with Gasteiger partial charge in [0.15, 0.2) is 5.82 Å². The van der Waals surface area contributed by atoms with Crippen LogP contribution in [0.3, 0.4) is 0 Å². The molecule has 0 aromatic carbocycles. The van der Waals surface area contributed by atoms with Gasteiger partial charge in [-0.2, -0.15) is 0 Å². The number of thiazole rings is 1. The third-order valence-electron chi connectivity index (χ3n) is 3.58. The molecule has 2 aromatic heterocycles. The summed E-state index contributed by atoms with van der Waals surface area (Å²) in [6.07, 6.45) is 11.9. The second kappa shape index (κ2) is 6.02. The summed E-state index contributed by atoms with van der Waals surface area (Å²) in [5.41, 5.74) is 7.03. The van der Waals surface area contributed by atoms with Crippen LogP contribution in [0.25, 0.3) is 12.2 Å². The maximum absolute atomic E-state index is 5.86. The zero-order chi connectivity index (χ0) is 15.6. The second-order valence-electron chi connectivity index (χ2n) is 6.17. The Morgan fingerprint density at radius 3 is 2.82 bits per heavy atom. The molecule has 3 heterocycles. The van der Waals surface area contributed by atoms with E-state index in [9.17, 15) is 0 Å². The lowest BCUT2D eigenvalue weighted by molar-refractivity contribution is 0.388. The zero-order valence-electron chi connectivity index (χ0n) is 12.9. The van der Waals surface area contributed by atoms with Crippen molar-refractivity contribution in [2.24, 2.45) is 11.1 Å². The molecule has 0 bridgehead atoms. The van der Waals surface area contributed by atoms with E-state index in [-0.39, 0.29) is 5.41 Å². The van der Waals surface area contributed by atoms with Crippen LogP contribution in [-0.4, -0.2) is 23.1 Å². The minimum Gasteiger partial charge on any atom is -0.331 e. The van der Waals surface area contributed by atoms with E-state index in [4.69, 9.17) is 10.7 Å². The maximum Gasteiger partial charge on any atom is 0.151 e. The Morgan fingerprint density at radius 2 is 2.09 bits per heavy atom. The van der Waals surface area contributed by atoms with Gasteiger partial charge >= 0.3 is 0 Å². The Morgan fingerprint density at radius 1 is 1.32 bits per heavy atom. The minimum atomic E-state index is 0.0531. The lowest BCUT2D eigenvalue weighted by Gasteiger charge is -2.30. The zero-order valence-corrected chi connectivity index (χ0v) is 13.7. The lowest BCUT2D eigenvalue weighted by atomic mass is 9.93. The van der Waals surface area contributed by atoms with Crippen LogP contribution in [0.2, 0.25) is 0 Å². The van der Waals surface area contributed by atoms with Crippen molar-refractivity contribution in [3.8, 4) is 0 Å². The molecule has 0 amide bonds. The van der Waals surface area contributed by atoms with Gasteiger partial charge in [0.05, 0.1) is 4.53 Å². The van der Waals surface area contributed by atoms with E-state index < -0.39 is 0 Å². The Hall–Kier alpha value is -1.98. The maximum atomic E-state index is 5.86. The van der Waals surface area contributed by atoms with Crippen molar-refractivity contribution in [1.82, 2.24) is 9.97 Å². The molecule has 1 aliphatic rings. The fourth-order valence-corrected chi connectivity index (χ4v) is 3.23. The van der Waals surface area contributed by atoms with E-state index in [1.807, 2.05) is 12.1 Å². The van der Waals surface area contributed by atoms with Crippen LogP contribution in [0.5, 0.6) is 0 Å². The standard InChI is InChI=1S/C17H20N4S/c1-17(2,11-18)12-21-9-3-4-14-16(21)20-15(22-14)10-13-5-7-19-8-6-13/h3-10H,11-12,18H2,1-2H3/b15-10-. The van der Waals surface area contributed by atoms with Gasteiger partial charge in [0, 0.05) is 25.1 Å². The molecule has 0 saturated carbocycles. The highest BCUT2D eigenvalue weighted by molar-refractivity contribution is 7.07. The SMILES string of the molecule is CC(C)(CN)CN1C=CC=c2s/c(=C\c3ccncc3)nc21. The quantitative estimate of drug-likeness (QED) is 0.929. The van der Waals surface area contributed by atoms with Gasteiger partial charge in [-0.3, -0.25) is 4.98 Å². The number of rotatable bonds is 4. The lowest BCUT2D eigenvalue weighted by Crippen LogP contribution is -2.38. The summed E-state index contributed by atoms with van der Waals surface area (Å²) in [7, 11) is 0. The smallest absolute Gasteiger partial charge is 0.151 e. The molecule has 22 heavy (non-hydrogen) atoms. The number of fused-ring (bicyclic) bond motifs is 1. The van der Waals surface area contributed by atoms with E-state index in [1.165, 1.54) is 4.53 Å². The molecule has 0 spiro atoms. The van der Waals surface area contributed by atoms with Gasteiger partial charge in [-0.15, -0.1) is 11.3 Å². The largest absolute Gasteiger partial charge is 0.331 e. The van der Waals surface area contributed by atoms with Gasteiger partial charge in [-0.05, 0) is 47.9 Å². The Bertz CT molecular complexity index is 790. The van der Waals surface area contributed by atoms with Crippen molar-refractivity contribution in [2.45, 2.75) is 13.8 Å². The minimum absolute atomic E-state index is 0.0531. The third-order valence-corrected chi connectivity index (χ3v) is 4.54. The van der Waals surface area contributed by atoms with E-state index in [0.717, 1.165) is 22.6 Å². The Balaban J connectivity index is 1.95. The topological polar surface area (TPSA) is 55.0 Å². The number of aromatic nitrogens is 2. The molecule has 0 saturated heterocycles. The second-order valence-corrected chi connectivity index (χ2v) is 7.23. The van der Waals surface area contributed by atoms with Gasteiger partial charge < -0.3 is 10.6 Å². The molecular weight excluding hydrogens is 292 g/mol. The van der Waals surface area contributed by atoms with Crippen LogP contribution < -0.4 is 19.8 Å². The number of pyridine rings is 1. The summed E-state index contributed by atoms with van der Waals surface area (Å²) in [6, 6.07) is 3.97. The molecule has 2 aromatic rings.